The Balaban J connectivity index is 2.00. The van der Waals surface area contributed by atoms with Crippen molar-refractivity contribution >= 4 is 28.1 Å². The minimum atomic E-state index is -0.0103. The van der Waals surface area contributed by atoms with Crippen molar-refractivity contribution in [1.29, 1.82) is 0 Å². The number of anilines is 3. The Hall–Kier alpha value is -2.87. The largest absolute Gasteiger partial charge is 0.508 e. The molecule has 0 saturated carbocycles. The van der Waals surface area contributed by atoms with Gasteiger partial charge in [0, 0.05) is 31.4 Å². The summed E-state index contributed by atoms with van der Waals surface area (Å²) in [5.41, 5.74) is 7.80. The highest BCUT2D eigenvalue weighted by atomic mass is 32.1. The summed E-state index contributed by atoms with van der Waals surface area (Å²) in [6.07, 6.45) is 1.60. The second-order valence-corrected chi connectivity index (χ2v) is 5.96. The van der Waals surface area contributed by atoms with Crippen LogP contribution in [0.15, 0.2) is 30.5 Å². The zero-order valence-electron chi connectivity index (χ0n) is 12.6. The molecule has 3 aromatic rings. The number of hydrogen-bond acceptors (Lipinski definition) is 8. The van der Waals surface area contributed by atoms with E-state index < -0.39 is 0 Å². The molecule has 0 aliphatic heterocycles. The second-order valence-electron chi connectivity index (χ2n) is 4.98. The van der Waals surface area contributed by atoms with E-state index in [0.717, 1.165) is 10.6 Å². The van der Waals surface area contributed by atoms with Gasteiger partial charge in [0.15, 0.2) is 5.13 Å². The van der Waals surface area contributed by atoms with Gasteiger partial charge in [0.05, 0.1) is 22.0 Å². The second kappa shape index (κ2) is 5.73. The predicted octanol–water partition coefficient (Wildman–Crippen LogP) is 2.67. The number of benzene rings is 1. The Morgan fingerprint density at radius 1 is 1.13 bits per heavy atom. The van der Waals surface area contributed by atoms with Crippen molar-refractivity contribution < 1.29 is 10.2 Å². The van der Waals surface area contributed by atoms with Gasteiger partial charge in [-0.25, -0.2) is 15.0 Å². The summed E-state index contributed by atoms with van der Waals surface area (Å²) < 4.78 is 0. The monoisotopic (exact) mass is 329 g/mol. The molecule has 0 aliphatic rings. The minimum absolute atomic E-state index is 0.0103. The number of aryl methyl sites for hydroxylation is 1. The molecule has 118 valence electrons. The Labute approximate surface area is 136 Å². The van der Waals surface area contributed by atoms with Crippen LogP contribution in [-0.4, -0.2) is 32.2 Å². The van der Waals surface area contributed by atoms with E-state index in [9.17, 15) is 10.2 Å². The third-order valence-corrected chi connectivity index (χ3v) is 4.51. The number of nitrogen functional groups attached to an aromatic ring is 1. The minimum Gasteiger partial charge on any atom is -0.508 e. The van der Waals surface area contributed by atoms with E-state index >= 15 is 0 Å². The maximum absolute atomic E-state index is 9.62. The van der Waals surface area contributed by atoms with Crippen molar-refractivity contribution in [1.82, 2.24) is 15.0 Å². The van der Waals surface area contributed by atoms with Gasteiger partial charge >= 0.3 is 0 Å². The number of phenolic OH excluding ortho intramolecular Hbond substituents is 2. The highest BCUT2D eigenvalue weighted by Crippen LogP contribution is 2.37. The van der Waals surface area contributed by atoms with Gasteiger partial charge in [-0.1, -0.05) is 11.3 Å². The maximum Gasteiger partial charge on any atom is 0.220 e. The SMILES string of the molecule is Cc1nc(N(C)c2cc(O)cc(O)c2)sc1-c1ccnc(N)n1. The van der Waals surface area contributed by atoms with Crippen LogP contribution in [0.3, 0.4) is 0 Å². The zero-order chi connectivity index (χ0) is 16.6. The normalized spacial score (nSPS) is 10.7. The Bertz CT molecular complexity index is 845. The van der Waals surface area contributed by atoms with Crippen molar-refractivity contribution in [2.75, 3.05) is 17.7 Å². The Morgan fingerprint density at radius 3 is 2.48 bits per heavy atom. The van der Waals surface area contributed by atoms with Gasteiger partial charge in [-0.2, -0.15) is 0 Å². The van der Waals surface area contributed by atoms with Crippen LogP contribution in [0.2, 0.25) is 0 Å². The summed E-state index contributed by atoms with van der Waals surface area (Å²) in [4.78, 5) is 15.3. The maximum atomic E-state index is 9.62. The fraction of sp³-hybridized carbons (Fsp3) is 0.133. The molecule has 8 heteroatoms. The third-order valence-electron chi connectivity index (χ3n) is 3.25. The lowest BCUT2D eigenvalue weighted by Gasteiger charge is -2.16. The Morgan fingerprint density at radius 2 is 1.83 bits per heavy atom. The number of hydrogen-bond donors (Lipinski definition) is 3. The van der Waals surface area contributed by atoms with Gasteiger partial charge in [0.25, 0.3) is 0 Å². The first-order chi connectivity index (χ1) is 10.9. The van der Waals surface area contributed by atoms with E-state index in [-0.39, 0.29) is 17.4 Å². The highest BCUT2D eigenvalue weighted by Gasteiger charge is 2.16. The van der Waals surface area contributed by atoms with Crippen LogP contribution in [0.1, 0.15) is 5.69 Å². The van der Waals surface area contributed by atoms with E-state index in [1.165, 1.54) is 17.4 Å². The molecule has 7 nitrogen and oxygen atoms in total. The van der Waals surface area contributed by atoms with Gasteiger partial charge in [0.2, 0.25) is 5.95 Å². The zero-order valence-corrected chi connectivity index (χ0v) is 13.4. The fourth-order valence-corrected chi connectivity index (χ4v) is 3.17. The standard InChI is InChI=1S/C15H15N5O2S/c1-8-13(12-3-4-17-14(16)19-12)23-15(18-8)20(2)9-5-10(21)7-11(22)6-9/h3-7,21-22H,1-2H3,(H2,16,17,19). The lowest BCUT2D eigenvalue weighted by molar-refractivity contribution is 0.451. The predicted molar refractivity (Wildman–Crippen MR) is 90.1 cm³/mol. The lowest BCUT2D eigenvalue weighted by atomic mass is 10.2. The summed E-state index contributed by atoms with van der Waals surface area (Å²) in [5.74, 6) is 0.191. The molecule has 23 heavy (non-hydrogen) atoms. The lowest BCUT2D eigenvalue weighted by Crippen LogP contribution is -2.08. The molecular weight excluding hydrogens is 314 g/mol. The number of nitrogens with zero attached hydrogens (tertiary/aromatic N) is 4. The molecule has 0 unspecified atom stereocenters. The van der Waals surface area contributed by atoms with Crippen LogP contribution in [0.5, 0.6) is 11.5 Å². The number of aromatic nitrogens is 3. The van der Waals surface area contributed by atoms with E-state index in [4.69, 9.17) is 5.73 Å². The summed E-state index contributed by atoms with van der Waals surface area (Å²) in [7, 11) is 1.81. The van der Waals surface area contributed by atoms with Crippen molar-refractivity contribution in [3.05, 3.63) is 36.2 Å². The number of thiazole rings is 1. The highest BCUT2D eigenvalue weighted by molar-refractivity contribution is 7.19. The molecule has 2 aromatic heterocycles. The first-order valence-electron chi connectivity index (χ1n) is 6.77. The third kappa shape index (κ3) is 3.02. The molecule has 0 spiro atoms. The first-order valence-corrected chi connectivity index (χ1v) is 7.59. The van der Waals surface area contributed by atoms with Gasteiger partial charge in [-0.15, -0.1) is 0 Å². The van der Waals surface area contributed by atoms with Gasteiger partial charge in [0.1, 0.15) is 11.5 Å². The molecule has 0 amide bonds. The molecule has 3 rings (SSSR count). The van der Waals surface area contributed by atoms with Crippen LogP contribution in [-0.2, 0) is 0 Å². The number of aromatic hydroxyl groups is 2. The van der Waals surface area contributed by atoms with Gasteiger partial charge in [-0.05, 0) is 13.0 Å². The molecule has 1 aromatic carbocycles. The average molecular weight is 329 g/mol. The summed E-state index contributed by atoms with van der Waals surface area (Å²) in [6.45, 7) is 1.89. The molecule has 0 fully saturated rings. The van der Waals surface area contributed by atoms with E-state index in [1.807, 2.05) is 14.0 Å². The van der Waals surface area contributed by atoms with Crippen LogP contribution >= 0.6 is 11.3 Å². The molecule has 4 N–H and O–H groups in total. The number of rotatable bonds is 3. The van der Waals surface area contributed by atoms with Crippen LogP contribution in [0.25, 0.3) is 10.6 Å². The van der Waals surface area contributed by atoms with Crippen LogP contribution < -0.4 is 10.6 Å². The van der Waals surface area contributed by atoms with Gasteiger partial charge < -0.3 is 20.8 Å². The van der Waals surface area contributed by atoms with E-state index in [1.54, 1.807) is 29.3 Å². The molecule has 2 heterocycles. The number of nitrogens with two attached hydrogens (primary N) is 1. The fourth-order valence-electron chi connectivity index (χ4n) is 2.15. The first kappa shape index (κ1) is 15.0. The quantitative estimate of drug-likeness (QED) is 0.678. The topological polar surface area (TPSA) is 108 Å². The average Bonchev–Trinajstić information content (AvgIpc) is 2.87. The van der Waals surface area contributed by atoms with Crippen molar-refractivity contribution in [3.8, 4) is 22.1 Å². The van der Waals surface area contributed by atoms with Crippen molar-refractivity contribution in [2.45, 2.75) is 6.92 Å². The van der Waals surface area contributed by atoms with Crippen LogP contribution in [0.4, 0.5) is 16.8 Å². The van der Waals surface area contributed by atoms with E-state index in [2.05, 4.69) is 15.0 Å². The smallest absolute Gasteiger partial charge is 0.220 e. The van der Waals surface area contributed by atoms with Crippen molar-refractivity contribution in [3.63, 3.8) is 0 Å². The summed E-state index contributed by atoms with van der Waals surface area (Å²) in [6, 6.07) is 6.16. The number of phenols is 2. The summed E-state index contributed by atoms with van der Waals surface area (Å²) >= 11 is 1.44. The molecule has 0 atom stereocenters. The van der Waals surface area contributed by atoms with Gasteiger partial charge in [-0.3, -0.25) is 0 Å². The molecule has 0 saturated heterocycles. The molecule has 0 bridgehead atoms. The van der Waals surface area contributed by atoms with Crippen molar-refractivity contribution in [2.24, 2.45) is 0 Å². The summed E-state index contributed by atoms with van der Waals surface area (Å²) in [5, 5.41) is 20.0. The van der Waals surface area contributed by atoms with E-state index in [0.29, 0.717) is 16.5 Å². The Kier molecular flexibility index (Phi) is 3.75. The molecule has 0 radical (unpaired) electrons. The molecule has 0 aliphatic carbocycles. The van der Waals surface area contributed by atoms with Crippen LogP contribution in [0, 0.1) is 6.92 Å². The molecular formula is C15H15N5O2S.